The summed E-state index contributed by atoms with van der Waals surface area (Å²) in [6.45, 7) is 3.32. The van der Waals surface area contributed by atoms with Crippen LogP contribution in [0, 0.1) is 6.92 Å². The Morgan fingerprint density at radius 1 is 0.897 bits per heavy atom. The fourth-order valence-corrected chi connectivity index (χ4v) is 3.10. The Morgan fingerprint density at radius 3 is 2.69 bits per heavy atom. The van der Waals surface area contributed by atoms with Gasteiger partial charge in [0.25, 0.3) is 0 Å². The number of anilines is 1. The molecule has 0 amide bonds. The lowest BCUT2D eigenvalue weighted by Gasteiger charge is -2.15. The van der Waals surface area contributed by atoms with Crippen molar-refractivity contribution in [2.75, 3.05) is 18.5 Å². The molecule has 2 aromatic heterocycles. The minimum Gasteiger partial charge on any atom is -0.490 e. The number of ether oxygens (including phenoxy) is 2. The Hall–Kier alpha value is -3.41. The zero-order chi connectivity index (χ0) is 19.9. The molecule has 29 heavy (non-hydrogen) atoms. The summed E-state index contributed by atoms with van der Waals surface area (Å²) in [5, 5.41) is 3.36. The summed E-state index contributed by atoms with van der Waals surface area (Å²) < 4.78 is 12.1. The zero-order valence-electron chi connectivity index (χ0n) is 16.5. The maximum absolute atomic E-state index is 6.17. The second-order valence-corrected chi connectivity index (χ2v) is 6.83. The molecule has 0 bridgehead atoms. The molecule has 0 atom stereocenters. The molecule has 0 aliphatic carbocycles. The van der Waals surface area contributed by atoms with Crippen LogP contribution in [0.25, 0.3) is 0 Å². The van der Waals surface area contributed by atoms with Gasteiger partial charge in [-0.3, -0.25) is 4.99 Å². The second-order valence-electron chi connectivity index (χ2n) is 6.83. The van der Waals surface area contributed by atoms with E-state index >= 15 is 0 Å². The highest BCUT2D eigenvalue weighted by atomic mass is 16.5. The van der Waals surface area contributed by atoms with E-state index in [0.29, 0.717) is 30.6 Å². The minimum absolute atomic E-state index is 0.474. The van der Waals surface area contributed by atoms with E-state index < -0.39 is 0 Å². The van der Waals surface area contributed by atoms with Crippen molar-refractivity contribution < 1.29 is 9.47 Å². The first-order chi connectivity index (χ1) is 14.3. The molecule has 0 unspecified atom stereocenters. The Labute approximate surface area is 170 Å². The summed E-state index contributed by atoms with van der Waals surface area (Å²) in [5.41, 5.74) is 1.72. The predicted octanol–water partition coefficient (Wildman–Crippen LogP) is 5.00. The summed E-state index contributed by atoms with van der Waals surface area (Å²) in [6, 6.07) is 17.4. The van der Waals surface area contributed by atoms with Crippen LogP contribution in [0.15, 0.2) is 65.8 Å². The number of hydrogen-bond acceptors (Lipinski definition) is 6. The van der Waals surface area contributed by atoms with E-state index in [-0.39, 0.29) is 0 Å². The van der Waals surface area contributed by atoms with Crippen LogP contribution in [0.1, 0.15) is 30.5 Å². The number of nitrogens with one attached hydrogen (secondary N) is 1. The van der Waals surface area contributed by atoms with Crippen molar-refractivity contribution in [3.63, 3.8) is 0 Å². The fraction of sp³-hybridized carbons (Fsp3) is 0.261. The maximum atomic E-state index is 6.17. The van der Waals surface area contributed by atoms with Gasteiger partial charge in [0, 0.05) is 18.4 Å². The molecule has 6 heteroatoms. The van der Waals surface area contributed by atoms with Gasteiger partial charge in [0.05, 0.1) is 12.2 Å². The van der Waals surface area contributed by atoms with Crippen LogP contribution >= 0.6 is 0 Å². The molecule has 1 N–H and O–H groups in total. The maximum Gasteiger partial charge on any atom is 0.230 e. The van der Waals surface area contributed by atoms with Gasteiger partial charge >= 0.3 is 0 Å². The van der Waals surface area contributed by atoms with Crippen molar-refractivity contribution in [1.29, 1.82) is 0 Å². The molecule has 3 aromatic rings. The highest BCUT2D eigenvalue weighted by molar-refractivity contribution is 6.09. The minimum atomic E-state index is 0.474. The molecule has 1 aromatic carbocycles. The van der Waals surface area contributed by atoms with Crippen LogP contribution in [0.4, 0.5) is 5.82 Å². The lowest BCUT2D eigenvalue weighted by molar-refractivity contribution is 0.291. The van der Waals surface area contributed by atoms with Gasteiger partial charge in [0.2, 0.25) is 5.88 Å². The lowest BCUT2D eigenvalue weighted by atomic mass is 10.2. The third kappa shape index (κ3) is 4.90. The molecular weight excluding hydrogens is 364 g/mol. The topological polar surface area (TPSA) is 68.6 Å². The van der Waals surface area contributed by atoms with Crippen molar-refractivity contribution in [3.05, 3.63) is 72.1 Å². The smallest absolute Gasteiger partial charge is 0.230 e. The zero-order valence-corrected chi connectivity index (χ0v) is 16.5. The molecule has 4 rings (SSSR count). The number of fused-ring (bicyclic) bond motifs is 2. The Balaban J connectivity index is 1.73. The van der Waals surface area contributed by atoms with Gasteiger partial charge in [0.1, 0.15) is 11.7 Å². The van der Waals surface area contributed by atoms with E-state index in [1.165, 1.54) is 0 Å². The monoisotopic (exact) mass is 388 g/mol. The fourth-order valence-electron chi connectivity index (χ4n) is 3.10. The van der Waals surface area contributed by atoms with E-state index in [2.05, 4.69) is 15.3 Å². The number of aromatic nitrogens is 2. The molecule has 3 heterocycles. The molecule has 0 saturated carbocycles. The van der Waals surface area contributed by atoms with E-state index in [0.717, 1.165) is 42.1 Å². The summed E-state index contributed by atoms with van der Waals surface area (Å²) in [7, 11) is 0. The summed E-state index contributed by atoms with van der Waals surface area (Å²) in [6.07, 6.45) is 4.70. The number of hydrogen-bond donors (Lipinski definition) is 1. The van der Waals surface area contributed by atoms with Crippen molar-refractivity contribution >= 4 is 11.7 Å². The first kappa shape index (κ1) is 18.9. The Morgan fingerprint density at radius 2 is 1.79 bits per heavy atom. The molecule has 148 valence electrons. The number of aliphatic imine (C=N–C) groups is 1. The van der Waals surface area contributed by atoms with Gasteiger partial charge in [0.15, 0.2) is 11.5 Å². The van der Waals surface area contributed by atoms with Crippen LogP contribution in [0.5, 0.6) is 17.4 Å². The summed E-state index contributed by atoms with van der Waals surface area (Å²) in [5.74, 6) is 3.27. The number of para-hydroxylation sites is 2. The van der Waals surface area contributed by atoms with Gasteiger partial charge in [-0.15, -0.1) is 0 Å². The van der Waals surface area contributed by atoms with Crippen molar-refractivity contribution in [3.8, 4) is 17.4 Å². The SMILES string of the molecule is Cc1cccc(NC2=NCCCCCOc3ccccc3Oc3ncccc32)n1. The van der Waals surface area contributed by atoms with Gasteiger partial charge in [-0.2, -0.15) is 0 Å². The molecule has 0 spiro atoms. The van der Waals surface area contributed by atoms with Crippen molar-refractivity contribution in [2.45, 2.75) is 26.2 Å². The molecular formula is C23H24N4O2. The molecule has 1 aliphatic heterocycles. The molecule has 6 nitrogen and oxygen atoms in total. The second kappa shape index (κ2) is 9.19. The average molecular weight is 388 g/mol. The highest BCUT2D eigenvalue weighted by Crippen LogP contribution is 2.32. The number of aryl methyl sites for hydroxylation is 1. The largest absolute Gasteiger partial charge is 0.490 e. The number of amidine groups is 1. The lowest BCUT2D eigenvalue weighted by Crippen LogP contribution is -2.17. The van der Waals surface area contributed by atoms with Crippen LogP contribution in [-0.2, 0) is 0 Å². The highest BCUT2D eigenvalue weighted by Gasteiger charge is 2.16. The van der Waals surface area contributed by atoms with Crippen LogP contribution in [0.3, 0.4) is 0 Å². The summed E-state index contributed by atoms with van der Waals surface area (Å²) >= 11 is 0. The normalized spacial score (nSPS) is 14.4. The van der Waals surface area contributed by atoms with Crippen LogP contribution < -0.4 is 14.8 Å². The Kier molecular flexibility index (Phi) is 6.00. The standard InChI is InChI=1S/C23H24N4O2/c1-17-9-7-13-21(26-17)27-22-18-10-8-15-25-23(18)29-20-12-4-3-11-19(20)28-16-6-2-5-14-24-22/h3-4,7-13,15H,2,5-6,14,16H2,1H3,(H,24,26,27). The molecule has 1 aliphatic rings. The van der Waals surface area contributed by atoms with Crippen molar-refractivity contribution in [1.82, 2.24) is 9.97 Å². The molecule has 0 radical (unpaired) electrons. The first-order valence-electron chi connectivity index (χ1n) is 9.90. The van der Waals surface area contributed by atoms with Crippen LogP contribution in [0.2, 0.25) is 0 Å². The quantitative estimate of drug-likeness (QED) is 0.635. The van der Waals surface area contributed by atoms with Gasteiger partial charge in [-0.05, 0) is 62.6 Å². The summed E-state index contributed by atoms with van der Waals surface area (Å²) in [4.78, 5) is 13.8. The number of benzene rings is 1. The van der Waals surface area contributed by atoms with E-state index in [9.17, 15) is 0 Å². The number of pyridine rings is 2. The third-order valence-corrected chi connectivity index (χ3v) is 4.55. The van der Waals surface area contributed by atoms with Gasteiger partial charge in [-0.25, -0.2) is 9.97 Å². The van der Waals surface area contributed by atoms with Crippen LogP contribution in [-0.4, -0.2) is 29.0 Å². The van der Waals surface area contributed by atoms with Gasteiger partial charge in [-0.1, -0.05) is 18.2 Å². The average Bonchev–Trinajstić information content (AvgIpc) is 2.75. The van der Waals surface area contributed by atoms with E-state index in [4.69, 9.17) is 14.5 Å². The van der Waals surface area contributed by atoms with E-state index in [1.54, 1.807) is 6.20 Å². The third-order valence-electron chi connectivity index (χ3n) is 4.55. The number of rotatable bonds is 1. The van der Waals surface area contributed by atoms with E-state index in [1.807, 2.05) is 61.5 Å². The Bertz CT molecular complexity index is 1000. The van der Waals surface area contributed by atoms with Gasteiger partial charge < -0.3 is 14.8 Å². The number of nitrogens with zero attached hydrogens (tertiary/aromatic N) is 3. The first-order valence-corrected chi connectivity index (χ1v) is 9.90. The predicted molar refractivity (Wildman–Crippen MR) is 114 cm³/mol. The van der Waals surface area contributed by atoms with Crippen molar-refractivity contribution in [2.24, 2.45) is 4.99 Å². The molecule has 0 fully saturated rings. The molecule has 0 saturated heterocycles.